The molecule has 3 N–H and O–H groups in total. The number of anilines is 1. The summed E-state index contributed by atoms with van der Waals surface area (Å²) in [7, 11) is 0. The van der Waals surface area contributed by atoms with Crippen molar-refractivity contribution in [2.45, 2.75) is 6.42 Å². The van der Waals surface area contributed by atoms with Crippen molar-refractivity contribution >= 4 is 5.69 Å². The topological polar surface area (TPSA) is 46.2 Å². The minimum atomic E-state index is 0.684. The van der Waals surface area contributed by atoms with Crippen molar-refractivity contribution in [2.75, 3.05) is 5.73 Å². The van der Waals surface area contributed by atoms with Crippen molar-refractivity contribution in [3.63, 3.8) is 0 Å². The molecule has 0 aliphatic rings. The van der Waals surface area contributed by atoms with Crippen LogP contribution in [-0.4, -0.2) is 5.11 Å². The third kappa shape index (κ3) is 2.00. The van der Waals surface area contributed by atoms with Crippen LogP contribution in [0.2, 0.25) is 0 Å². The maximum atomic E-state index is 8.40. The van der Waals surface area contributed by atoms with Crippen LogP contribution >= 0.6 is 0 Å². The fraction of sp³-hybridized carbons (Fsp3) is 0.111. The van der Waals surface area contributed by atoms with Crippen LogP contribution in [-0.2, 0) is 6.42 Å². The molecule has 58 valence electrons. The minimum absolute atomic E-state index is 0.684. The summed E-state index contributed by atoms with van der Waals surface area (Å²) in [6, 6.07) is 7.61. The Kier molecular flexibility index (Phi) is 2.55. The van der Waals surface area contributed by atoms with Gasteiger partial charge in [0.1, 0.15) is 0 Å². The van der Waals surface area contributed by atoms with E-state index in [9.17, 15) is 0 Å². The van der Waals surface area contributed by atoms with Crippen LogP contribution < -0.4 is 5.73 Å². The number of aliphatic hydroxyl groups excluding tert-OH is 1. The van der Waals surface area contributed by atoms with Crippen LogP contribution in [0.25, 0.3) is 0 Å². The molecule has 0 amide bonds. The smallest absolute Gasteiger partial charge is 0.0755 e. The summed E-state index contributed by atoms with van der Waals surface area (Å²) in [4.78, 5) is 0. The number of aliphatic hydroxyl groups is 1. The molecule has 2 nitrogen and oxygen atoms in total. The van der Waals surface area contributed by atoms with Crippen LogP contribution in [0.3, 0.4) is 0 Å². The second-order valence-electron chi connectivity index (χ2n) is 2.29. The third-order valence-corrected chi connectivity index (χ3v) is 1.50. The molecule has 0 aromatic heterocycles. The van der Waals surface area contributed by atoms with Gasteiger partial charge in [-0.2, -0.15) is 0 Å². The Labute approximate surface area is 66.0 Å². The minimum Gasteiger partial charge on any atom is -0.516 e. The Hall–Kier alpha value is -1.44. The number of nitrogens with two attached hydrogens (primary N) is 1. The first-order chi connectivity index (χ1) is 5.34. The van der Waals surface area contributed by atoms with Gasteiger partial charge in [0.15, 0.2) is 0 Å². The molecular formula is C9H11NO. The molecular weight excluding hydrogens is 138 g/mol. The highest BCUT2D eigenvalue weighted by molar-refractivity contribution is 5.47. The second-order valence-corrected chi connectivity index (χ2v) is 2.29. The number of para-hydroxylation sites is 1. The maximum Gasteiger partial charge on any atom is 0.0755 e. The van der Waals surface area contributed by atoms with Gasteiger partial charge in [-0.1, -0.05) is 18.2 Å². The van der Waals surface area contributed by atoms with Gasteiger partial charge in [-0.3, -0.25) is 0 Å². The molecule has 2 heteroatoms. The van der Waals surface area contributed by atoms with Gasteiger partial charge in [-0.05, 0) is 24.1 Å². The molecule has 11 heavy (non-hydrogen) atoms. The quantitative estimate of drug-likeness (QED) is 0.498. The summed E-state index contributed by atoms with van der Waals surface area (Å²) in [5, 5.41) is 8.40. The van der Waals surface area contributed by atoms with Crippen LogP contribution in [0.4, 0.5) is 5.69 Å². The van der Waals surface area contributed by atoms with Crippen molar-refractivity contribution in [1.29, 1.82) is 0 Å². The fourth-order valence-electron chi connectivity index (χ4n) is 0.900. The molecule has 0 atom stereocenters. The van der Waals surface area contributed by atoms with E-state index in [0.29, 0.717) is 6.42 Å². The molecule has 0 saturated heterocycles. The molecule has 0 radical (unpaired) electrons. The van der Waals surface area contributed by atoms with Gasteiger partial charge in [0.05, 0.1) is 6.26 Å². The molecule has 0 aliphatic carbocycles. The van der Waals surface area contributed by atoms with Crippen molar-refractivity contribution in [3.8, 4) is 0 Å². The summed E-state index contributed by atoms with van der Waals surface area (Å²) in [5.41, 5.74) is 7.45. The van der Waals surface area contributed by atoms with Crippen molar-refractivity contribution < 1.29 is 5.11 Å². The summed E-state index contributed by atoms with van der Waals surface area (Å²) in [6.07, 6.45) is 3.38. The molecule has 0 aliphatic heterocycles. The van der Waals surface area contributed by atoms with Crippen molar-refractivity contribution in [3.05, 3.63) is 42.2 Å². The summed E-state index contributed by atoms with van der Waals surface area (Å²) in [6.45, 7) is 0. The van der Waals surface area contributed by atoms with E-state index in [1.54, 1.807) is 6.08 Å². The Bertz CT molecular complexity index is 255. The van der Waals surface area contributed by atoms with Crippen LogP contribution in [0, 0.1) is 0 Å². The molecule has 0 saturated carbocycles. The highest BCUT2D eigenvalue weighted by Crippen LogP contribution is 2.10. The third-order valence-electron chi connectivity index (χ3n) is 1.50. The molecule has 0 unspecified atom stereocenters. The Morgan fingerprint density at radius 2 is 2.09 bits per heavy atom. The van der Waals surface area contributed by atoms with E-state index in [-0.39, 0.29) is 0 Å². The summed E-state index contributed by atoms with van der Waals surface area (Å²) >= 11 is 0. The van der Waals surface area contributed by atoms with E-state index < -0.39 is 0 Å². The largest absolute Gasteiger partial charge is 0.516 e. The zero-order valence-electron chi connectivity index (χ0n) is 6.20. The molecule has 0 fully saturated rings. The van der Waals surface area contributed by atoms with E-state index in [1.807, 2.05) is 24.3 Å². The average molecular weight is 149 g/mol. The van der Waals surface area contributed by atoms with E-state index in [1.165, 1.54) is 0 Å². The van der Waals surface area contributed by atoms with E-state index >= 15 is 0 Å². The molecule has 1 aromatic rings. The van der Waals surface area contributed by atoms with Gasteiger partial charge in [0.25, 0.3) is 0 Å². The predicted molar refractivity (Wildman–Crippen MR) is 46.3 cm³/mol. The highest BCUT2D eigenvalue weighted by atomic mass is 16.2. The summed E-state index contributed by atoms with van der Waals surface area (Å²) in [5.74, 6) is 0. The highest BCUT2D eigenvalue weighted by Gasteiger charge is 1.92. The van der Waals surface area contributed by atoms with Gasteiger partial charge in [0.2, 0.25) is 0 Å². The van der Waals surface area contributed by atoms with E-state index in [2.05, 4.69) is 0 Å². The van der Waals surface area contributed by atoms with Crippen molar-refractivity contribution in [1.82, 2.24) is 0 Å². The van der Waals surface area contributed by atoms with E-state index in [0.717, 1.165) is 17.5 Å². The molecule has 1 rings (SSSR count). The first-order valence-corrected chi connectivity index (χ1v) is 3.47. The van der Waals surface area contributed by atoms with Gasteiger partial charge in [-0.15, -0.1) is 0 Å². The lowest BCUT2D eigenvalue weighted by Crippen LogP contribution is -1.91. The van der Waals surface area contributed by atoms with Gasteiger partial charge in [-0.25, -0.2) is 0 Å². The summed E-state index contributed by atoms with van der Waals surface area (Å²) < 4.78 is 0. The lowest BCUT2D eigenvalue weighted by molar-refractivity contribution is 0.471. The maximum absolute atomic E-state index is 8.40. The number of rotatable bonds is 2. The van der Waals surface area contributed by atoms with Gasteiger partial charge in [0, 0.05) is 5.69 Å². The lowest BCUT2D eigenvalue weighted by Gasteiger charge is -1.99. The van der Waals surface area contributed by atoms with Crippen molar-refractivity contribution in [2.24, 2.45) is 0 Å². The first kappa shape index (κ1) is 7.66. The number of nitrogen functional groups attached to an aromatic ring is 1. The first-order valence-electron chi connectivity index (χ1n) is 3.47. The molecule has 0 bridgehead atoms. The van der Waals surface area contributed by atoms with Crippen LogP contribution in [0.15, 0.2) is 36.6 Å². The Balaban J connectivity index is 2.77. The fourth-order valence-corrected chi connectivity index (χ4v) is 0.900. The second kappa shape index (κ2) is 3.66. The van der Waals surface area contributed by atoms with Gasteiger partial charge >= 0.3 is 0 Å². The molecule has 1 aromatic carbocycles. The zero-order valence-corrected chi connectivity index (χ0v) is 6.20. The number of hydrogen-bond acceptors (Lipinski definition) is 2. The van der Waals surface area contributed by atoms with Gasteiger partial charge < -0.3 is 10.8 Å². The number of hydrogen-bond donors (Lipinski definition) is 2. The van der Waals surface area contributed by atoms with Crippen LogP contribution in [0.5, 0.6) is 0 Å². The normalized spacial score (nSPS) is 10.5. The Morgan fingerprint density at radius 3 is 2.73 bits per heavy atom. The van der Waals surface area contributed by atoms with E-state index in [4.69, 9.17) is 10.8 Å². The monoisotopic (exact) mass is 149 g/mol. The predicted octanol–water partition coefficient (Wildman–Crippen LogP) is 1.88. The number of benzene rings is 1. The molecule has 0 spiro atoms. The number of allylic oxidation sites excluding steroid dienone is 1. The molecule has 0 heterocycles. The Morgan fingerprint density at radius 1 is 1.36 bits per heavy atom. The zero-order chi connectivity index (χ0) is 8.10. The lowest BCUT2D eigenvalue weighted by atomic mass is 10.1. The van der Waals surface area contributed by atoms with Crippen LogP contribution in [0.1, 0.15) is 5.56 Å². The average Bonchev–Trinajstić information content (AvgIpc) is 2.03. The standard InChI is InChI=1S/C9H11NO/c10-9-6-2-1-4-8(9)5-3-7-11/h1-4,6-7,11H,5,10H2/b7-3+. The SMILES string of the molecule is Nc1ccccc1C/C=C/O.